The van der Waals surface area contributed by atoms with Gasteiger partial charge in [0.1, 0.15) is 5.52 Å². The number of hydrogen-bond donors (Lipinski definition) is 0. The Hall–Kier alpha value is -2.27. The fourth-order valence-corrected chi connectivity index (χ4v) is 4.20. The molecule has 0 saturated heterocycles. The topological polar surface area (TPSA) is 46.3 Å². The zero-order valence-electron chi connectivity index (χ0n) is 14.1. The predicted molar refractivity (Wildman–Crippen MR) is 99.6 cm³/mol. The smallest absolute Gasteiger partial charge is 0.257 e. The second-order valence-electron chi connectivity index (χ2n) is 6.35. The minimum Gasteiger partial charge on any atom is -0.431 e. The largest absolute Gasteiger partial charge is 0.431 e. The van der Waals surface area contributed by atoms with E-state index in [1.165, 1.54) is 22.9 Å². The number of para-hydroxylation sites is 2. The van der Waals surface area contributed by atoms with Crippen LogP contribution in [-0.2, 0) is 11.2 Å². The molecule has 1 atom stereocenters. The van der Waals surface area contributed by atoms with Gasteiger partial charge in [-0.2, -0.15) is 0 Å². The number of aromatic nitrogens is 1. The number of hydrogen-bond acceptors (Lipinski definition) is 4. The lowest BCUT2D eigenvalue weighted by Crippen LogP contribution is -2.34. The van der Waals surface area contributed by atoms with E-state index in [0.717, 1.165) is 30.4 Å². The van der Waals surface area contributed by atoms with Gasteiger partial charge >= 0.3 is 0 Å². The molecule has 25 heavy (non-hydrogen) atoms. The van der Waals surface area contributed by atoms with Gasteiger partial charge in [-0.15, -0.1) is 0 Å². The average molecular weight is 352 g/mol. The number of amides is 1. The highest BCUT2D eigenvalue weighted by Gasteiger charge is 2.26. The molecule has 2 aromatic carbocycles. The first-order chi connectivity index (χ1) is 12.2. The van der Waals surface area contributed by atoms with Crippen molar-refractivity contribution in [2.24, 2.45) is 0 Å². The molecule has 0 aliphatic heterocycles. The van der Waals surface area contributed by atoms with Gasteiger partial charge in [0.05, 0.1) is 11.8 Å². The van der Waals surface area contributed by atoms with Crippen molar-refractivity contribution in [1.82, 2.24) is 9.88 Å². The maximum atomic E-state index is 12.7. The van der Waals surface area contributed by atoms with E-state index in [9.17, 15) is 4.79 Å². The summed E-state index contributed by atoms with van der Waals surface area (Å²) in [4.78, 5) is 19.0. The summed E-state index contributed by atoms with van der Waals surface area (Å²) in [5.41, 5.74) is 4.24. The Labute approximate surface area is 151 Å². The summed E-state index contributed by atoms with van der Waals surface area (Å²) in [5.74, 6) is 0.441. The molecule has 0 fully saturated rings. The maximum Gasteiger partial charge on any atom is 0.257 e. The molecule has 0 unspecified atom stereocenters. The molecule has 1 amide bonds. The highest BCUT2D eigenvalue weighted by atomic mass is 32.2. The van der Waals surface area contributed by atoms with Crippen LogP contribution in [0, 0.1) is 0 Å². The monoisotopic (exact) mass is 352 g/mol. The zero-order valence-corrected chi connectivity index (χ0v) is 15.0. The van der Waals surface area contributed by atoms with Gasteiger partial charge in [0.15, 0.2) is 5.58 Å². The van der Waals surface area contributed by atoms with Gasteiger partial charge < -0.3 is 9.32 Å². The van der Waals surface area contributed by atoms with Crippen molar-refractivity contribution in [3.63, 3.8) is 0 Å². The highest BCUT2D eigenvalue weighted by Crippen LogP contribution is 2.34. The molecule has 0 spiro atoms. The van der Waals surface area contributed by atoms with Crippen molar-refractivity contribution in [3.8, 4) is 0 Å². The molecule has 1 aliphatic rings. The maximum absolute atomic E-state index is 12.7. The van der Waals surface area contributed by atoms with Crippen LogP contribution < -0.4 is 0 Å². The summed E-state index contributed by atoms with van der Waals surface area (Å²) in [6, 6.07) is 16.3. The van der Waals surface area contributed by atoms with Gasteiger partial charge in [-0.3, -0.25) is 4.79 Å². The summed E-state index contributed by atoms with van der Waals surface area (Å²) < 4.78 is 5.68. The molecule has 0 bridgehead atoms. The van der Waals surface area contributed by atoms with Crippen LogP contribution in [0.2, 0.25) is 0 Å². The van der Waals surface area contributed by atoms with E-state index in [-0.39, 0.29) is 11.9 Å². The van der Waals surface area contributed by atoms with E-state index < -0.39 is 0 Å². The Balaban J connectivity index is 1.44. The lowest BCUT2D eigenvalue weighted by Gasteiger charge is -2.33. The van der Waals surface area contributed by atoms with Gasteiger partial charge in [-0.05, 0) is 42.5 Å². The summed E-state index contributed by atoms with van der Waals surface area (Å²) in [7, 11) is 1.90. The Morgan fingerprint density at radius 3 is 2.92 bits per heavy atom. The van der Waals surface area contributed by atoms with Crippen molar-refractivity contribution in [2.75, 3.05) is 12.8 Å². The van der Waals surface area contributed by atoms with Gasteiger partial charge in [0, 0.05) is 7.05 Å². The fourth-order valence-electron chi connectivity index (χ4n) is 3.44. The molecule has 1 heterocycles. The number of rotatable bonds is 4. The second-order valence-corrected chi connectivity index (χ2v) is 7.27. The van der Waals surface area contributed by atoms with Crippen LogP contribution in [0.1, 0.15) is 30.0 Å². The van der Waals surface area contributed by atoms with Crippen molar-refractivity contribution < 1.29 is 9.21 Å². The van der Waals surface area contributed by atoms with E-state index in [2.05, 4.69) is 29.2 Å². The minimum atomic E-state index is 0.106. The zero-order chi connectivity index (χ0) is 17.2. The molecule has 5 heteroatoms. The number of aryl methyl sites for hydroxylation is 1. The SMILES string of the molecule is CN(C(=O)CSc1nc2ccccc2o1)[C@H]1CCCc2ccccc21. The van der Waals surface area contributed by atoms with Crippen LogP contribution in [0.4, 0.5) is 0 Å². The minimum absolute atomic E-state index is 0.106. The summed E-state index contributed by atoms with van der Waals surface area (Å²) in [6.45, 7) is 0. The molecule has 0 radical (unpaired) electrons. The van der Waals surface area contributed by atoms with Crippen LogP contribution in [0.25, 0.3) is 11.1 Å². The van der Waals surface area contributed by atoms with Gasteiger partial charge in [-0.1, -0.05) is 48.2 Å². The lowest BCUT2D eigenvalue weighted by molar-refractivity contribution is -0.129. The van der Waals surface area contributed by atoms with Gasteiger partial charge in [-0.25, -0.2) is 4.98 Å². The lowest BCUT2D eigenvalue weighted by atomic mass is 9.87. The van der Waals surface area contributed by atoms with Gasteiger partial charge in [0.25, 0.3) is 5.22 Å². The van der Waals surface area contributed by atoms with Crippen LogP contribution in [-0.4, -0.2) is 28.6 Å². The highest BCUT2D eigenvalue weighted by molar-refractivity contribution is 7.99. The second kappa shape index (κ2) is 6.92. The predicted octanol–water partition coefficient (Wildman–Crippen LogP) is 4.46. The molecule has 0 N–H and O–H groups in total. The number of oxazole rings is 1. The number of nitrogens with zero attached hydrogens (tertiary/aromatic N) is 2. The van der Waals surface area contributed by atoms with Crippen molar-refractivity contribution >= 4 is 28.8 Å². The summed E-state index contributed by atoms with van der Waals surface area (Å²) >= 11 is 1.36. The molecule has 128 valence electrons. The standard InChI is InChI=1S/C20H20N2O2S/c1-22(17-11-6-8-14-7-2-3-9-15(14)17)19(23)13-25-20-21-16-10-4-5-12-18(16)24-20/h2-5,7,9-10,12,17H,6,8,11,13H2,1H3/t17-/m0/s1. The summed E-state index contributed by atoms with van der Waals surface area (Å²) in [6.07, 6.45) is 3.25. The molecule has 0 saturated carbocycles. The molecule has 3 aromatic rings. The first-order valence-electron chi connectivity index (χ1n) is 8.54. The third-order valence-electron chi connectivity index (χ3n) is 4.79. The van der Waals surface area contributed by atoms with Crippen LogP contribution in [0.5, 0.6) is 0 Å². The number of thioether (sulfide) groups is 1. The molecule has 1 aromatic heterocycles. The molecule has 4 rings (SSSR count). The Morgan fingerprint density at radius 1 is 1.24 bits per heavy atom. The first-order valence-corrected chi connectivity index (χ1v) is 9.53. The Kier molecular flexibility index (Phi) is 4.49. The third-order valence-corrected chi connectivity index (χ3v) is 5.60. The summed E-state index contributed by atoms with van der Waals surface area (Å²) in [5, 5.41) is 0.548. The molecule has 4 nitrogen and oxygen atoms in total. The van der Waals surface area contributed by atoms with E-state index in [4.69, 9.17) is 4.42 Å². The van der Waals surface area contributed by atoms with Crippen molar-refractivity contribution in [1.29, 1.82) is 0 Å². The van der Waals surface area contributed by atoms with E-state index in [0.29, 0.717) is 11.0 Å². The molecule has 1 aliphatic carbocycles. The average Bonchev–Trinajstić information content (AvgIpc) is 3.08. The van der Waals surface area contributed by atoms with Crippen molar-refractivity contribution in [3.05, 3.63) is 59.7 Å². The van der Waals surface area contributed by atoms with E-state index in [1.54, 1.807) is 0 Å². The third kappa shape index (κ3) is 3.29. The molecular weight excluding hydrogens is 332 g/mol. The Morgan fingerprint density at radius 2 is 2.04 bits per heavy atom. The fraction of sp³-hybridized carbons (Fsp3) is 0.300. The van der Waals surface area contributed by atoms with Crippen LogP contribution in [0.3, 0.4) is 0 Å². The first kappa shape index (κ1) is 16.2. The Bertz CT molecular complexity index is 872. The van der Waals surface area contributed by atoms with Crippen LogP contribution >= 0.6 is 11.8 Å². The number of carbonyl (C=O) groups is 1. The molecular formula is C20H20N2O2S. The quantitative estimate of drug-likeness (QED) is 0.651. The van der Waals surface area contributed by atoms with E-state index >= 15 is 0 Å². The van der Waals surface area contributed by atoms with E-state index in [1.807, 2.05) is 36.2 Å². The van der Waals surface area contributed by atoms with Crippen molar-refractivity contribution in [2.45, 2.75) is 30.5 Å². The van der Waals surface area contributed by atoms with Crippen LogP contribution in [0.15, 0.2) is 58.2 Å². The van der Waals surface area contributed by atoms with Gasteiger partial charge in [0.2, 0.25) is 5.91 Å². The normalized spacial score (nSPS) is 16.6. The number of fused-ring (bicyclic) bond motifs is 2. The number of carbonyl (C=O) groups excluding carboxylic acids is 1. The number of benzene rings is 2.